The van der Waals surface area contributed by atoms with Crippen molar-refractivity contribution < 1.29 is 26.7 Å². The second kappa shape index (κ2) is 6.55. The van der Waals surface area contributed by atoms with Crippen molar-refractivity contribution in [2.24, 2.45) is 5.92 Å². The molecule has 3 N–H and O–H groups in total. The van der Waals surface area contributed by atoms with Gasteiger partial charge in [0.25, 0.3) is 0 Å². The minimum absolute atomic E-state index is 0.199. The second-order valence-electron chi connectivity index (χ2n) is 8.32. The lowest BCUT2D eigenvalue weighted by Crippen LogP contribution is -2.44. The van der Waals surface area contributed by atoms with E-state index in [0.717, 1.165) is 11.4 Å². The van der Waals surface area contributed by atoms with Crippen LogP contribution in [0.1, 0.15) is 36.7 Å². The van der Waals surface area contributed by atoms with Gasteiger partial charge in [0.1, 0.15) is 0 Å². The summed E-state index contributed by atoms with van der Waals surface area (Å²) in [5.41, 5.74) is -2.62. The predicted octanol–water partition coefficient (Wildman–Crippen LogP) is 3.97. The predicted molar refractivity (Wildman–Crippen MR) is 109 cm³/mol. The number of hydrogen-bond acceptors (Lipinski definition) is 5. The molecule has 0 saturated heterocycles. The Kier molecular flexibility index (Phi) is 4.56. The first-order valence-electron chi connectivity index (χ1n) is 9.38. The zero-order valence-electron chi connectivity index (χ0n) is 16.8. The van der Waals surface area contributed by atoms with E-state index in [2.05, 4.69) is 14.8 Å². The molecule has 2 aliphatic carbocycles. The molecule has 0 aromatic heterocycles. The Hall–Kier alpha value is -2.39. The SMILES string of the molecule is CNC1=CC2(C)NC3=C(C(=O)c4cc(O[S+](O)C(F)(F)F)ccc4C3(C)C)C2C=C1. The van der Waals surface area contributed by atoms with Crippen molar-refractivity contribution in [3.05, 3.63) is 64.5 Å². The molecule has 0 amide bonds. The number of carbonyl (C=O) groups excluding carboxylic acids is 1. The van der Waals surface area contributed by atoms with Crippen LogP contribution in [0.25, 0.3) is 0 Å². The number of allylic oxidation sites excluding steroid dienone is 2. The molecule has 1 aromatic carbocycles. The van der Waals surface area contributed by atoms with Crippen LogP contribution in [-0.2, 0) is 16.9 Å². The maximum Gasteiger partial charge on any atom is 0.654 e. The number of benzene rings is 1. The molecule has 0 saturated carbocycles. The summed E-state index contributed by atoms with van der Waals surface area (Å²) in [6, 6.07) is 4.24. The van der Waals surface area contributed by atoms with E-state index >= 15 is 0 Å². The summed E-state index contributed by atoms with van der Waals surface area (Å²) in [4.78, 5) is 13.5. The maximum absolute atomic E-state index is 13.5. The summed E-state index contributed by atoms with van der Waals surface area (Å²) in [5, 5.41) is 6.65. The monoisotopic (exact) mass is 439 g/mol. The van der Waals surface area contributed by atoms with Crippen molar-refractivity contribution in [1.82, 2.24) is 10.6 Å². The molecule has 9 heteroatoms. The normalized spacial score (nSPS) is 27.5. The fourth-order valence-corrected chi connectivity index (χ4v) is 4.87. The fraction of sp³-hybridized carbons (Fsp3) is 0.381. The number of Topliss-reactive ketones (excluding diaryl/α,β-unsaturated/α-hetero) is 1. The Bertz CT molecular complexity index is 1030. The van der Waals surface area contributed by atoms with Crippen molar-refractivity contribution in [1.29, 1.82) is 0 Å². The molecule has 3 atom stereocenters. The first-order chi connectivity index (χ1) is 13.9. The van der Waals surface area contributed by atoms with Crippen LogP contribution < -0.4 is 14.8 Å². The van der Waals surface area contributed by atoms with Crippen molar-refractivity contribution >= 4 is 17.2 Å². The number of carbonyl (C=O) groups is 1. The lowest BCUT2D eigenvalue weighted by atomic mass is 9.69. The second-order valence-corrected chi connectivity index (χ2v) is 9.45. The molecular weight excluding hydrogens is 417 g/mol. The highest BCUT2D eigenvalue weighted by atomic mass is 32.2. The van der Waals surface area contributed by atoms with Gasteiger partial charge in [0.15, 0.2) is 11.5 Å². The molecule has 0 spiro atoms. The van der Waals surface area contributed by atoms with Crippen LogP contribution in [0.2, 0.25) is 0 Å². The zero-order chi connectivity index (χ0) is 22.1. The molecule has 3 unspecified atom stereocenters. The first kappa shape index (κ1) is 20.9. The highest BCUT2D eigenvalue weighted by Crippen LogP contribution is 2.51. The molecule has 5 nitrogen and oxygen atoms in total. The minimum Gasteiger partial charge on any atom is -0.388 e. The van der Waals surface area contributed by atoms with Gasteiger partial charge >= 0.3 is 17.0 Å². The van der Waals surface area contributed by atoms with Gasteiger partial charge in [0.05, 0.1) is 5.54 Å². The fourth-order valence-electron chi connectivity index (χ4n) is 4.49. The standard InChI is InChI=1S/C21H21F3N2O3S/c1-19(2)14-8-6-12(29-30(28)21(22,23)24)9-13(14)17(27)16-15-7-5-11(25-4)10-20(15,3)26-18(16)19/h5-10,15,25,28H,1-4H3/p+1. The molecule has 160 valence electrons. The van der Waals surface area contributed by atoms with E-state index in [1.807, 2.05) is 46.0 Å². The van der Waals surface area contributed by atoms with Gasteiger partial charge in [-0.05, 0) is 36.8 Å². The van der Waals surface area contributed by atoms with E-state index in [1.165, 1.54) is 12.1 Å². The molecule has 30 heavy (non-hydrogen) atoms. The van der Waals surface area contributed by atoms with Gasteiger partial charge in [-0.1, -0.05) is 26.0 Å². The smallest absolute Gasteiger partial charge is 0.388 e. The Morgan fingerprint density at radius 3 is 2.60 bits per heavy atom. The molecule has 0 bridgehead atoms. The summed E-state index contributed by atoms with van der Waals surface area (Å²) in [7, 11) is 1.82. The minimum atomic E-state index is -4.89. The highest BCUT2D eigenvalue weighted by Gasteiger charge is 2.57. The van der Waals surface area contributed by atoms with Gasteiger partial charge < -0.3 is 10.6 Å². The number of rotatable bonds is 3. The molecule has 0 fully saturated rings. The van der Waals surface area contributed by atoms with Gasteiger partial charge in [0, 0.05) is 40.9 Å². The largest absolute Gasteiger partial charge is 0.654 e. The van der Waals surface area contributed by atoms with E-state index in [4.69, 9.17) is 0 Å². The van der Waals surface area contributed by atoms with Crippen molar-refractivity contribution in [2.45, 2.75) is 37.2 Å². The maximum atomic E-state index is 13.5. The summed E-state index contributed by atoms with van der Waals surface area (Å²) in [5.74, 6) is -0.658. The Morgan fingerprint density at radius 1 is 1.27 bits per heavy atom. The van der Waals surface area contributed by atoms with Crippen LogP contribution in [0, 0.1) is 5.92 Å². The van der Waals surface area contributed by atoms with E-state index in [9.17, 15) is 22.5 Å². The zero-order valence-corrected chi connectivity index (χ0v) is 17.7. The van der Waals surface area contributed by atoms with Gasteiger partial charge in [-0.3, -0.25) is 4.79 Å². The number of likely N-dealkylation sites (N-methyl/N-ethyl adjacent to an activating group) is 1. The molecule has 1 aromatic rings. The molecule has 1 aliphatic heterocycles. The number of nitrogens with one attached hydrogen (secondary N) is 2. The lowest BCUT2D eigenvalue weighted by Gasteiger charge is -2.35. The van der Waals surface area contributed by atoms with E-state index in [-0.39, 0.29) is 17.5 Å². The molecular formula is C21H22F3N2O3S+. The topological polar surface area (TPSA) is 70.6 Å². The van der Waals surface area contributed by atoms with Gasteiger partial charge in [0.2, 0.25) is 0 Å². The van der Waals surface area contributed by atoms with Crippen LogP contribution in [0.15, 0.2) is 53.4 Å². The van der Waals surface area contributed by atoms with Crippen LogP contribution >= 0.6 is 0 Å². The molecule has 1 heterocycles. The van der Waals surface area contributed by atoms with Crippen LogP contribution in [-0.4, -0.2) is 28.4 Å². The van der Waals surface area contributed by atoms with Gasteiger partial charge in [-0.15, -0.1) is 17.7 Å². The van der Waals surface area contributed by atoms with Gasteiger partial charge in [-0.2, -0.15) is 0 Å². The van der Waals surface area contributed by atoms with E-state index in [0.29, 0.717) is 16.7 Å². The average Bonchev–Trinajstić information content (AvgIpc) is 2.98. The summed E-state index contributed by atoms with van der Waals surface area (Å²) < 4.78 is 51.9. The van der Waals surface area contributed by atoms with Crippen molar-refractivity contribution in [3.63, 3.8) is 0 Å². The van der Waals surface area contributed by atoms with Crippen LogP contribution in [0.5, 0.6) is 5.75 Å². The number of halogens is 3. The number of fused-ring (bicyclic) bond motifs is 3. The number of alkyl halides is 3. The number of hydrogen-bond donors (Lipinski definition) is 3. The third-order valence-electron chi connectivity index (χ3n) is 5.98. The third-order valence-corrected chi connectivity index (χ3v) is 6.73. The highest BCUT2D eigenvalue weighted by molar-refractivity contribution is 7.88. The molecule has 4 rings (SSSR count). The summed E-state index contributed by atoms with van der Waals surface area (Å²) >= 11 is -3.25. The van der Waals surface area contributed by atoms with Crippen LogP contribution in [0.4, 0.5) is 13.2 Å². The quantitative estimate of drug-likeness (QED) is 0.622. The number of ketones is 1. The Morgan fingerprint density at radius 2 is 1.97 bits per heavy atom. The average molecular weight is 439 g/mol. The van der Waals surface area contributed by atoms with Crippen molar-refractivity contribution in [3.8, 4) is 5.75 Å². The van der Waals surface area contributed by atoms with E-state index in [1.54, 1.807) is 6.07 Å². The van der Waals surface area contributed by atoms with Crippen molar-refractivity contribution in [2.75, 3.05) is 7.05 Å². The molecule has 3 aliphatic rings. The lowest BCUT2D eigenvalue weighted by molar-refractivity contribution is -0.0492. The molecule has 0 radical (unpaired) electrons. The first-order valence-corrected chi connectivity index (χ1v) is 10.5. The third kappa shape index (κ3) is 3.02. The van der Waals surface area contributed by atoms with Gasteiger partial charge in [-0.25, -0.2) is 4.18 Å². The van der Waals surface area contributed by atoms with E-state index < -0.39 is 27.9 Å². The Balaban J connectivity index is 1.76. The van der Waals surface area contributed by atoms with Crippen LogP contribution in [0.3, 0.4) is 0 Å². The summed E-state index contributed by atoms with van der Waals surface area (Å²) in [6.07, 6.45) is 5.93. The Labute approximate surface area is 175 Å². The summed E-state index contributed by atoms with van der Waals surface area (Å²) in [6.45, 7) is 5.96.